The molecule has 0 aliphatic rings. The smallest absolute Gasteiger partial charge is 0.272 e. The zero-order valence-electron chi connectivity index (χ0n) is 17.6. The molecule has 2 atom stereocenters. The third-order valence-electron chi connectivity index (χ3n) is 5.12. The topological polar surface area (TPSA) is 97.1 Å². The second-order valence-corrected chi connectivity index (χ2v) is 7.81. The molecule has 31 heavy (non-hydrogen) atoms. The Bertz CT molecular complexity index is 1010. The first kappa shape index (κ1) is 22.1. The van der Waals surface area contributed by atoms with Crippen molar-refractivity contribution in [2.75, 3.05) is 0 Å². The van der Waals surface area contributed by atoms with Crippen LogP contribution in [0.5, 0.6) is 0 Å². The van der Waals surface area contributed by atoms with Crippen molar-refractivity contribution in [3.8, 4) is 0 Å². The first-order valence-corrected chi connectivity index (χ1v) is 9.98. The normalized spacial score (nSPS) is 13.3. The molecule has 0 aliphatic carbocycles. The molecular weight excluding hydrogens is 399 g/mol. The van der Waals surface area contributed by atoms with Gasteiger partial charge >= 0.3 is 0 Å². The summed E-state index contributed by atoms with van der Waals surface area (Å²) in [6.45, 7) is 5.78. The molecule has 2 unspecified atom stereocenters. The van der Waals surface area contributed by atoms with Gasteiger partial charge in [0.05, 0.1) is 18.4 Å². The third kappa shape index (κ3) is 5.53. The Hall–Kier alpha value is -3.55. The molecule has 0 spiro atoms. The number of amides is 2. The van der Waals surface area contributed by atoms with Crippen molar-refractivity contribution in [2.45, 2.75) is 44.7 Å². The number of aromatic nitrogens is 2. The van der Waals surface area contributed by atoms with Gasteiger partial charge in [0.25, 0.3) is 5.91 Å². The van der Waals surface area contributed by atoms with Crippen LogP contribution in [0.4, 0.5) is 4.39 Å². The van der Waals surface area contributed by atoms with Gasteiger partial charge in [-0.05, 0) is 50.1 Å². The number of carbonyl (C=O) groups excluding carboxylic acids is 2. The van der Waals surface area contributed by atoms with Gasteiger partial charge in [0.2, 0.25) is 5.91 Å². The van der Waals surface area contributed by atoms with Gasteiger partial charge in [-0.1, -0.05) is 19.1 Å². The van der Waals surface area contributed by atoms with Gasteiger partial charge in [-0.15, -0.1) is 0 Å². The average molecular weight is 424 g/mol. The molecule has 0 radical (unpaired) electrons. The van der Waals surface area contributed by atoms with Gasteiger partial charge in [0.15, 0.2) is 0 Å². The van der Waals surface area contributed by atoms with Crippen LogP contribution in [0.1, 0.15) is 61.0 Å². The molecule has 3 aromatic rings. The lowest BCUT2D eigenvalue weighted by atomic mass is 9.87. The van der Waals surface area contributed by atoms with Gasteiger partial charge in [-0.3, -0.25) is 14.6 Å². The van der Waals surface area contributed by atoms with Crippen molar-refractivity contribution >= 4 is 11.8 Å². The van der Waals surface area contributed by atoms with E-state index in [4.69, 9.17) is 4.42 Å². The summed E-state index contributed by atoms with van der Waals surface area (Å²) in [5, 5.41) is 5.86. The van der Waals surface area contributed by atoms with Crippen LogP contribution in [0.2, 0.25) is 0 Å². The zero-order chi connectivity index (χ0) is 22.4. The summed E-state index contributed by atoms with van der Waals surface area (Å²) in [7, 11) is 0. The summed E-state index contributed by atoms with van der Waals surface area (Å²) in [6, 6.07) is 8.12. The molecule has 0 fully saturated rings. The lowest BCUT2D eigenvalue weighted by Gasteiger charge is -2.31. The van der Waals surface area contributed by atoms with Crippen LogP contribution < -0.4 is 10.6 Å². The maximum Gasteiger partial charge on any atom is 0.272 e. The fraction of sp³-hybridized carbons (Fsp3) is 0.304. The van der Waals surface area contributed by atoms with Gasteiger partial charge in [-0.25, -0.2) is 9.37 Å². The number of nitrogens with zero attached hydrogens (tertiary/aromatic N) is 2. The molecule has 2 heterocycles. The number of benzene rings is 1. The molecule has 3 rings (SSSR count). The van der Waals surface area contributed by atoms with Crippen LogP contribution >= 0.6 is 0 Å². The van der Waals surface area contributed by atoms with E-state index in [0.29, 0.717) is 17.7 Å². The minimum absolute atomic E-state index is 0.103. The van der Waals surface area contributed by atoms with Crippen molar-refractivity contribution in [1.29, 1.82) is 0 Å². The van der Waals surface area contributed by atoms with E-state index in [9.17, 15) is 14.0 Å². The van der Waals surface area contributed by atoms with E-state index in [1.54, 1.807) is 12.1 Å². The number of furan rings is 1. The highest BCUT2D eigenvalue weighted by Gasteiger charge is 2.36. The van der Waals surface area contributed by atoms with Crippen LogP contribution in [0, 0.1) is 5.82 Å². The number of halogens is 1. The first-order chi connectivity index (χ1) is 14.8. The first-order valence-electron chi connectivity index (χ1n) is 9.98. The van der Waals surface area contributed by atoms with Crippen molar-refractivity contribution in [2.24, 2.45) is 0 Å². The van der Waals surface area contributed by atoms with Crippen LogP contribution in [-0.2, 0) is 4.79 Å². The van der Waals surface area contributed by atoms with Crippen LogP contribution in [-0.4, -0.2) is 27.3 Å². The SMILES string of the molecule is CCC(C)(C)NC(=O)C(c1ccc(F)cc1)C(NC(=O)c1cnccn1)c1ccco1. The summed E-state index contributed by atoms with van der Waals surface area (Å²) in [6.07, 6.45) is 6.37. The van der Waals surface area contributed by atoms with Gasteiger partial charge in [0.1, 0.15) is 23.3 Å². The van der Waals surface area contributed by atoms with Crippen LogP contribution in [0.3, 0.4) is 0 Å². The Morgan fingerprint density at radius 1 is 1.16 bits per heavy atom. The van der Waals surface area contributed by atoms with Gasteiger partial charge in [-0.2, -0.15) is 0 Å². The quantitative estimate of drug-likeness (QED) is 0.574. The summed E-state index contributed by atoms with van der Waals surface area (Å²) in [5.41, 5.74) is 0.163. The van der Waals surface area contributed by atoms with E-state index in [0.717, 1.165) is 0 Å². The molecule has 7 nitrogen and oxygen atoms in total. The summed E-state index contributed by atoms with van der Waals surface area (Å²) >= 11 is 0. The fourth-order valence-electron chi connectivity index (χ4n) is 3.08. The molecule has 0 aliphatic heterocycles. The predicted octanol–water partition coefficient (Wildman–Crippen LogP) is 3.77. The van der Waals surface area contributed by atoms with Crippen molar-refractivity contribution in [3.63, 3.8) is 0 Å². The molecule has 162 valence electrons. The number of hydrogen-bond acceptors (Lipinski definition) is 5. The summed E-state index contributed by atoms with van der Waals surface area (Å²) in [5.74, 6) is -1.74. The monoisotopic (exact) mass is 424 g/mol. The predicted molar refractivity (Wildman–Crippen MR) is 113 cm³/mol. The average Bonchev–Trinajstić information content (AvgIpc) is 3.29. The van der Waals surface area contributed by atoms with Crippen LogP contribution in [0.25, 0.3) is 0 Å². The fourth-order valence-corrected chi connectivity index (χ4v) is 3.08. The second kappa shape index (κ2) is 9.51. The lowest BCUT2D eigenvalue weighted by molar-refractivity contribution is -0.125. The number of nitrogens with one attached hydrogen (secondary N) is 2. The molecule has 1 aromatic carbocycles. The highest BCUT2D eigenvalue weighted by molar-refractivity contribution is 5.93. The molecule has 8 heteroatoms. The van der Waals surface area contributed by atoms with E-state index in [2.05, 4.69) is 20.6 Å². The molecule has 0 saturated heterocycles. The van der Waals surface area contributed by atoms with E-state index in [1.807, 2.05) is 20.8 Å². The number of hydrogen-bond donors (Lipinski definition) is 2. The minimum atomic E-state index is -0.877. The summed E-state index contributed by atoms with van der Waals surface area (Å²) in [4.78, 5) is 34.2. The molecular formula is C23H25FN4O3. The minimum Gasteiger partial charge on any atom is -0.467 e. The molecule has 0 saturated carbocycles. The summed E-state index contributed by atoms with van der Waals surface area (Å²) < 4.78 is 19.1. The molecule has 2 aromatic heterocycles. The van der Waals surface area contributed by atoms with E-state index < -0.39 is 29.2 Å². The van der Waals surface area contributed by atoms with Crippen molar-refractivity contribution in [3.05, 3.63) is 84.1 Å². The lowest BCUT2D eigenvalue weighted by Crippen LogP contribution is -2.48. The Kier molecular flexibility index (Phi) is 6.79. The molecule has 0 bridgehead atoms. The number of rotatable bonds is 8. The maximum absolute atomic E-state index is 13.6. The van der Waals surface area contributed by atoms with E-state index in [1.165, 1.54) is 49.1 Å². The second-order valence-electron chi connectivity index (χ2n) is 7.81. The standard InChI is InChI=1S/C23H25FN4O3/c1-4-23(2,3)28-22(30)19(15-7-9-16(24)10-8-15)20(18-6-5-13-31-18)27-21(29)17-14-25-11-12-26-17/h5-14,19-20H,4H2,1-3H3,(H,27,29)(H,28,30). The maximum atomic E-state index is 13.6. The molecule has 2 N–H and O–H groups in total. The van der Waals surface area contributed by atoms with Gasteiger partial charge < -0.3 is 15.1 Å². The highest BCUT2D eigenvalue weighted by Crippen LogP contribution is 2.33. The molecule has 2 amide bonds. The van der Waals surface area contributed by atoms with Crippen LogP contribution in [0.15, 0.2) is 65.7 Å². The third-order valence-corrected chi connectivity index (χ3v) is 5.12. The Morgan fingerprint density at radius 2 is 1.90 bits per heavy atom. The van der Waals surface area contributed by atoms with E-state index >= 15 is 0 Å². The zero-order valence-corrected chi connectivity index (χ0v) is 17.6. The van der Waals surface area contributed by atoms with Gasteiger partial charge in [0, 0.05) is 17.9 Å². The number of carbonyl (C=O) groups is 2. The van der Waals surface area contributed by atoms with Crippen molar-refractivity contribution in [1.82, 2.24) is 20.6 Å². The van der Waals surface area contributed by atoms with E-state index in [-0.39, 0.29) is 11.6 Å². The highest BCUT2D eigenvalue weighted by atomic mass is 19.1. The largest absolute Gasteiger partial charge is 0.467 e. The Labute approximate surface area is 180 Å². The Morgan fingerprint density at radius 3 is 2.48 bits per heavy atom. The Balaban J connectivity index is 2.03. The van der Waals surface area contributed by atoms with Crippen molar-refractivity contribution < 1.29 is 18.4 Å².